The lowest BCUT2D eigenvalue weighted by atomic mass is 9.95. The number of ether oxygens (including phenoxy) is 2. The maximum atomic E-state index is 14.2. The number of nitrogens with zero attached hydrogens (tertiary/aromatic N) is 2. The van der Waals surface area contributed by atoms with E-state index in [0.717, 1.165) is 17.5 Å². The minimum absolute atomic E-state index is 0.0807. The number of hydrogen-bond donors (Lipinski definition) is 1. The van der Waals surface area contributed by atoms with Crippen molar-refractivity contribution in [3.05, 3.63) is 52.9 Å². The maximum absolute atomic E-state index is 14.2. The van der Waals surface area contributed by atoms with Crippen molar-refractivity contribution in [2.75, 3.05) is 51.7 Å². The summed E-state index contributed by atoms with van der Waals surface area (Å²) in [5, 5.41) is 1.38. The molecule has 0 spiro atoms. The molecule has 236 valence electrons. The van der Waals surface area contributed by atoms with Gasteiger partial charge >= 0.3 is 5.97 Å². The largest absolute Gasteiger partial charge is 0.542 e. The number of aromatic nitrogens is 1. The van der Waals surface area contributed by atoms with Crippen molar-refractivity contribution in [1.82, 2.24) is 9.88 Å². The number of alkyl halides is 1. The van der Waals surface area contributed by atoms with E-state index >= 15 is 0 Å². The van der Waals surface area contributed by atoms with E-state index < -0.39 is 14.3 Å². The van der Waals surface area contributed by atoms with Gasteiger partial charge in [0, 0.05) is 47.4 Å². The van der Waals surface area contributed by atoms with Crippen molar-refractivity contribution in [3.8, 4) is 11.5 Å². The molecule has 9 nitrogen and oxygen atoms in total. The quantitative estimate of drug-likeness (QED) is 0.116. The topological polar surface area (TPSA) is 97.2 Å². The summed E-state index contributed by atoms with van der Waals surface area (Å²) in [6.07, 6.45) is 0. The number of carbonyl (C=O) groups excluding carboxylic acids is 2. The van der Waals surface area contributed by atoms with Crippen molar-refractivity contribution in [2.24, 2.45) is 0 Å². The highest BCUT2D eigenvalue weighted by Gasteiger charge is 2.42. The van der Waals surface area contributed by atoms with Crippen LogP contribution in [0.1, 0.15) is 58.9 Å². The van der Waals surface area contributed by atoms with Gasteiger partial charge < -0.3 is 33.1 Å². The fraction of sp³-hybridized carbons (Fsp3) is 0.455. The lowest BCUT2D eigenvalue weighted by molar-refractivity contribution is 0.0602. The Morgan fingerprint density at radius 3 is 2.55 bits per heavy atom. The molecule has 0 saturated carbocycles. The molecule has 1 amide bonds. The summed E-state index contributed by atoms with van der Waals surface area (Å²) in [5.41, 5.74) is 3.87. The van der Waals surface area contributed by atoms with E-state index in [-0.39, 0.29) is 28.5 Å². The predicted molar refractivity (Wildman–Crippen MR) is 178 cm³/mol. The van der Waals surface area contributed by atoms with Gasteiger partial charge in [0.05, 0.1) is 23.9 Å². The lowest BCUT2D eigenvalue weighted by Crippen LogP contribution is -2.44. The summed E-state index contributed by atoms with van der Waals surface area (Å²) < 4.78 is 24.0. The maximum Gasteiger partial charge on any atom is 0.340 e. The smallest absolute Gasteiger partial charge is 0.340 e. The fourth-order valence-corrected chi connectivity index (χ4v) is 6.68. The normalized spacial score (nSPS) is 15.3. The number of furan rings is 1. The first-order valence-electron chi connectivity index (χ1n) is 14.8. The molecule has 0 fully saturated rings. The van der Waals surface area contributed by atoms with E-state index in [1.807, 2.05) is 45.3 Å². The predicted octanol–water partition coefficient (Wildman–Crippen LogP) is 7.32. The van der Waals surface area contributed by atoms with Crippen LogP contribution in [0.15, 0.2) is 34.7 Å². The molecule has 1 aliphatic rings. The van der Waals surface area contributed by atoms with Crippen LogP contribution >= 0.6 is 11.6 Å². The van der Waals surface area contributed by atoms with E-state index in [2.05, 4.69) is 43.7 Å². The highest BCUT2D eigenvalue weighted by molar-refractivity contribution is 6.74. The molecule has 0 saturated heterocycles. The second-order valence-corrected chi connectivity index (χ2v) is 18.3. The number of benzene rings is 2. The summed E-state index contributed by atoms with van der Waals surface area (Å²) in [6, 6.07) is 9.20. The first-order valence-corrected chi connectivity index (χ1v) is 18.3. The summed E-state index contributed by atoms with van der Waals surface area (Å²) >= 11 is 6.54. The molecule has 0 aliphatic carbocycles. The molecule has 4 aromatic rings. The Morgan fingerprint density at radius 1 is 1.18 bits per heavy atom. The molecule has 11 heteroatoms. The van der Waals surface area contributed by atoms with Crippen LogP contribution in [0.4, 0.5) is 5.69 Å². The number of aromatic amines is 1. The molecule has 2 aromatic heterocycles. The number of halogens is 1. The van der Waals surface area contributed by atoms with Gasteiger partial charge in [-0.2, -0.15) is 0 Å². The highest BCUT2D eigenvalue weighted by atomic mass is 35.5. The van der Waals surface area contributed by atoms with Crippen LogP contribution in [-0.2, 0) is 4.74 Å². The number of H-pyrrole nitrogens is 1. The SMILES string of the molecule is COC(=O)c1c(C)[nH]c2c(O[Si](C)(C)C(C)(C)C)cc3c(c12)[C@H](CCl)CN3C(=O)c1cc2cc(OCCN(C)C)ccc2o1. The zero-order chi connectivity index (χ0) is 32.1. The number of anilines is 1. The number of hydrogen-bond acceptors (Lipinski definition) is 7. The van der Waals surface area contributed by atoms with Gasteiger partial charge in [-0.15, -0.1) is 11.6 Å². The Hall–Kier alpha value is -3.47. The van der Waals surface area contributed by atoms with E-state index in [4.69, 9.17) is 29.9 Å². The number of esters is 1. The van der Waals surface area contributed by atoms with Crippen molar-refractivity contribution < 1.29 is 27.9 Å². The number of nitrogens with one attached hydrogen (secondary N) is 1. The second-order valence-electron chi connectivity index (χ2n) is 13.3. The van der Waals surface area contributed by atoms with Crippen LogP contribution in [0.3, 0.4) is 0 Å². The van der Waals surface area contributed by atoms with Crippen LogP contribution in [0.2, 0.25) is 18.1 Å². The number of fused-ring (bicyclic) bond motifs is 4. The Bertz CT molecular complexity index is 1730. The van der Waals surface area contributed by atoms with Gasteiger partial charge in [0.1, 0.15) is 23.7 Å². The van der Waals surface area contributed by atoms with Gasteiger partial charge in [0.2, 0.25) is 0 Å². The van der Waals surface area contributed by atoms with Gasteiger partial charge in [-0.3, -0.25) is 4.79 Å². The first kappa shape index (κ1) is 31.9. The van der Waals surface area contributed by atoms with E-state index in [9.17, 15) is 9.59 Å². The third-order valence-corrected chi connectivity index (χ3v) is 13.6. The number of rotatable bonds is 9. The Kier molecular flexibility index (Phi) is 8.56. The Morgan fingerprint density at radius 2 is 1.91 bits per heavy atom. The minimum atomic E-state index is -2.32. The van der Waals surface area contributed by atoms with E-state index in [1.54, 1.807) is 11.0 Å². The number of methoxy groups -OCH3 is 1. The molecule has 1 N–H and O–H groups in total. The van der Waals surface area contributed by atoms with Crippen LogP contribution in [-0.4, -0.2) is 76.9 Å². The average Bonchev–Trinajstić information content (AvgIpc) is 3.63. The summed E-state index contributed by atoms with van der Waals surface area (Å²) in [7, 11) is 3.03. The fourth-order valence-electron chi connectivity index (χ4n) is 5.41. The molecular weight excluding hydrogens is 598 g/mol. The van der Waals surface area contributed by atoms with Gasteiger partial charge in [-0.05, 0) is 69.0 Å². The molecule has 2 aromatic carbocycles. The molecule has 5 rings (SSSR count). The van der Waals surface area contributed by atoms with Gasteiger partial charge in [0.15, 0.2) is 5.76 Å². The summed E-state index contributed by atoms with van der Waals surface area (Å²) in [6.45, 7) is 14.4. The third kappa shape index (κ3) is 5.70. The van der Waals surface area contributed by atoms with Crippen LogP contribution in [0, 0.1) is 6.92 Å². The molecule has 1 atom stereocenters. The Labute approximate surface area is 264 Å². The average molecular weight is 640 g/mol. The molecule has 44 heavy (non-hydrogen) atoms. The summed E-state index contributed by atoms with van der Waals surface area (Å²) in [4.78, 5) is 34.4. The van der Waals surface area contributed by atoms with E-state index in [0.29, 0.717) is 58.1 Å². The van der Waals surface area contributed by atoms with Crippen molar-refractivity contribution >= 4 is 59.4 Å². The highest BCUT2D eigenvalue weighted by Crippen LogP contribution is 2.49. The van der Waals surface area contributed by atoms with Crippen molar-refractivity contribution in [3.63, 3.8) is 0 Å². The zero-order valence-electron chi connectivity index (χ0n) is 27.0. The number of amides is 1. The molecule has 1 aliphatic heterocycles. The van der Waals surface area contributed by atoms with Crippen molar-refractivity contribution in [1.29, 1.82) is 0 Å². The van der Waals surface area contributed by atoms with Crippen LogP contribution in [0.25, 0.3) is 21.9 Å². The number of aryl methyl sites for hydroxylation is 1. The Balaban J connectivity index is 1.62. The van der Waals surface area contributed by atoms with Gasteiger partial charge in [-0.25, -0.2) is 4.79 Å². The standard InChI is InChI=1S/C33H42ClN3O6Si/c1-19-27(32(39)40-7)29-28-21(17-34)18-37(23(28)16-25(30(29)35-19)43-44(8,9)33(2,3)4)31(38)26-15-20-14-22(10-11-24(20)42-26)41-13-12-36(5)6/h10-11,14-16,21,35H,12-13,17-18H2,1-9H3/t21-/m1/s1. The zero-order valence-corrected chi connectivity index (χ0v) is 28.8. The van der Waals surface area contributed by atoms with Gasteiger partial charge in [-0.1, -0.05) is 20.8 Å². The lowest BCUT2D eigenvalue weighted by Gasteiger charge is -2.36. The van der Waals surface area contributed by atoms with Crippen molar-refractivity contribution in [2.45, 2.75) is 51.7 Å². The number of likely N-dealkylation sites (N-methyl/N-ethyl adjacent to an activating group) is 1. The molecule has 0 bridgehead atoms. The molecule has 0 unspecified atom stereocenters. The third-order valence-electron chi connectivity index (χ3n) is 8.85. The van der Waals surface area contributed by atoms with Gasteiger partial charge in [0.25, 0.3) is 14.2 Å². The molecule has 3 heterocycles. The first-order chi connectivity index (χ1) is 20.7. The second kappa shape index (κ2) is 11.8. The minimum Gasteiger partial charge on any atom is -0.542 e. The van der Waals surface area contributed by atoms with Crippen LogP contribution in [0.5, 0.6) is 11.5 Å². The summed E-state index contributed by atoms with van der Waals surface area (Å²) in [5.74, 6) is 0.791. The van der Waals surface area contributed by atoms with Crippen LogP contribution < -0.4 is 14.1 Å². The molecule has 0 radical (unpaired) electrons. The monoisotopic (exact) mass is 639 g/mol. The van der Waals surface area contributed by atoms with E-state index in [1.165, 1.54) is 7.11 Å². The number of carbonyl (C=O) groups is 2. The molecular formula is C33H42ClN3O6Si.